The fourth-order valence-corrected chi connectivity index (χ4v) is 3.47. The van der Waals surface area contributed by atoms with Gasteiger partial charge in [0.15, 0.2) is 0 Å². The van der Waals surface area contributed by atoms with Crippen molar-refractivity contribution >= 4 is 27.8 Å². The average molecular weight is 419 g/mol. The van der Waals surface area contributed by atoms with Gasteiger partial charge in [-0.3, -0.25) is 4.79 Å². The van der Waals surface area contributed by atoms with Gasteiger partial charge in [0, 0.05) is 31.5 Å². The van der Waals surface area contributed by atoms with Crippen LogP contribution in [0.5, 0.6) is 5.75 Å². The number of hydrogen-bond donors (Lipinski definition) is 1. The van der Waals surface area contributed by atoms with Crippen molar-refractivity contribution in [2.75, 3.05) is 25.0 Å². The lowest BCUT2D eigenvalue weighted by atomic mass is 10.1. The van der Waals surface area contributed by atoms with Crippen molar-refractivity contribution in [3.05, 3.63) is 46.2 Å². The van der Waals surface area contributed by atoms with E-state index in [1.54, 1.807) is 12.4 Å². The topological polar surface area (TPSA) is 67.3 Å². The zero-order chi connectivity index (χ0) is 18.5. The Kier molecular flexibility index (Phi) is 6.08. The molecule has 0 spiro atoms. The fraction of sp³-hybridized carbons (Fsp3) is 0.421. The van der Waals surface area contributed by atoms with E-state index in [9.17, 15) is 4.79 Å². The van der Waals surface area contributed by atoms with E-state index in [2.05, 4.69) is 31.2 Å². The first kappa shape index (κ1) is 18.6. The number of nitrogens with zero attached hydrogens (tertiary/aromatic N) is 3. The lowest BCUT2D eigenvalue weighted by Gasteiger charge is -2.26. The molecule has 0 bridgehead atoms. The summed E-state index contributed by atoms with van der Waals surface area (Å²) in [7, 11) is 0. The number of aryl methyl sites for hydroxylation is 1. The van der Waals surface area contributed by atoms with Crippen LogP contribution in [0.25, 0.3) is 0 Å². The minimum absolute atomic E-state index is 0.0348. The molecule has 1 atom stereocenters. The first-order chi connectivity index (χ1) is 12.6. The van der Waals surface area contributed by atoms with Gasteiger partial charge in [-0.2, -0.15) is 0 Å². The molecule has 138 valence electrons. The summed E-state index contributed by atoms with van der Waals surface area (Å²) in [5.41, 5.74) is 1.61. The minimum atomic E-state index is 0.0348. The van der Waals surface area contributed by atoms with Gasteiger partial charge in [0.2, 0.25) is 5.95 Å². The molecule has 3 rings (SSSR count). The predicted octanol–water partition coefficient (Wildman–Crippen LogP) is 3.66. The molecule has 0 radical (unpaired) electrons. The molecule has 1 N–H and O–H groups in total. The zero-order valence-electron chi connectivity index (χ0n) is 15.0. The van der Waals surface area contributed by atoms with Crippen LogP contribution in [0, 0.1) is 6.92 Å². The van der Waals surface area contributed by atoms with Gasteiger partial charge in [-0.05, 0) is 54.2 Å². The van der Waals surface area contributed by atoms with E-state index in [0.29, 0.717) is 30.4 Å². The van der Waals surface area contributed by atoms with Gasteiger partial charge in [0.05, 0.1) is 16.6 Å². The Morgan fingerprint density at radius 3 is 2.88 bits per heavy atom. The number of carbonyl (C=O) groups is 1. The molecule has 1 aliphatic heterocycles. The van der Waals surface area contributed by atoms with Crippen LogP contribution < -0.4 is 10.1 Å². The number of carbonyl (C=O) groups excluding carboxylic acids is 1. The van der Waals surface area contributed by atoms with Crippen molar-refractivity contribution in [3.8, 4) is 5.75 Å². The second kappa shape index (κ2) is 8.49. The van der Waals surface area contributed by atoms with Crippen molar-refractivity contribution in [2.45, 2.75) is 32.7 Å². The van der Waals surface area contributed by atoms with Crippen LogP contribution in [0.15, 0.2) is 35.1 Å². The van der Waals surface area contributed by atoms with Crippen molar-refractivity contribution in [1.29, 1.82) is 0 Å². The Labute approximate surface area is 162 Å². The third-order valence-electron chi connectivity index (χ3n) is 4.50. The minimum Gasteiger partial charge on any atom is -0.493 e. The van der Waals surface area contributed by atoms with Gasteiger partial charge in [0.25, 0.3) is 5.91 Å². The molecule has 1 aromatic carbocycles. The van der Waals surface area contributed by atoms with Crippen molar-refractivity contribution < 1.29 is 9.53 Å². The highest BCUT2D eigenvalue weighted by Crippen LogP contribution is 2.28. The van der Waals surface area contributed by atoms with Crippen LogP contribution in [0.1, 0.15) is 35.7 Å². The molecule has 1 amide bonds. The molecule has 2 heterocycles. The molecule has 2 aromatic rings. The molecular formula is C19H23BrN4O2. The molecule has 0 saturated carbocycles. The summed E-state index contributed by atoms with van der Waals surface area (Å²) < 4.78 is 6.52. The third-order valence-corrected chi connectivity index (χ3v) is 4.91. The molecule has 26 heavy (non-hydrogen) atoms. The normalized spacial score (nSPS) is 16.6. The van der Waals surface area contributed by atoms with Gasteiger partial charge >= 0.3 is 0 Å². The number of ether oxygens (including phenoxy) is 1. The number of likely N-dealkylation sites (tertiary alicyclic amines) is 1. The van der Waals surface area contributed by atoms with E-state index in [1.165, 1.54) is 0 Å². The van der Waals surface area contributed by atoms with Crippen molar-refractivity contribution in [3.63, 3.8) is 0 Å². The molecule has 7 heteroatoms. The number of aromatic nitrogens is 2. The van der Waals surface area contributed by atoms with Gasteiger partial charge in [-0.1, -0.05) is 12.1 Å². The number of amides is 1. The number of nitrogens with one attached hydrogen (secondary N) is 1. The summed E-state index contributed by atoms with van der Waals surface area (Å²) in [6.45, 7) is 5.80. The van der Waals surface area contributed by atoms with Crippen molar-refractivity contribution in [1.82, 2.24) is 14.9 Å². The molecule has 6 nitrogen and oxygen atoms in total. The molecule has 0 aliphatic carbocycles. The molecular weight excluding hydrogens is 396 g/mol. The summed E-state index contributed by atoms with van der Waals surface area (Å²) in [6, 6.07) is 5.85. The van der Waals surface area contributed by atoms with E-state index < -0.39 is 0 Å². The number of rotatable bonds is 6. The van der Waals surface area contributed by atoms with Crippen LogP contribution in [0.4, 0.5) is 5.95 Å². The molecule has 1 fully saturated rings. The van der Waals surface area contributed by atoms with Gasteiger partial charge in [-0.25, -0.2) is 9.97 Å². The van der Waals surface area contributed by atoms with Crippen LogP contribution in [-0.4, -0.2) is 46.5 Å². The predicted molar refractivity (Wildman–Crippen MR) is 105 cm³/mol. The number of anilines is 1. The summed E-state index contributed by atoms with van der Waals surface area (Å²) in [5, 5.41) is 3.24. The summed E-state index contributed by atoms with van der Waals surface area (Å²) >= 11 is 3.33. The number of hydrogen-bond acceptors (Lipinski definition) is 5. The molecule has 0 unspecified atom stereocenters. The summed E-state index contributed by atoms with van der Waals surface area (Å²) in [6.07, 6.45) is 5.36. The van der Waals surface area contributed by atoms with Gasteiger partial charge < -0.3 is 15.0 Å². The Morgan fingerprint density at radius 2 is 2.15 bits per heavy atom. The lowest BCUT2D eigenvalue weighted by molar-refractivity contribution is 0.0738. The first-order valence-electron chi connectivity index (χ1n) is 8.85. The quantitative estimate of drug-likeness (QED) is 0.774. The Morgan fingerprint density at radius 1 is 1.38 bits per heavy atom. The van der Waals surface area contributed by atoms with E-state index >= 15 is 0 Å². The lowest BCUT2D eigenvalue weighted by Crippen LogP contribution is -2.40. The molecule has 1 aliphatic rings. The Bertz CT molecular complexity index is 767. The summed E-state index contributed by atoms with van der Waals surface area (Å²) in [4.78, 5) is 23.6. The van der Waals surface area contributed by atoms with Crippen LogP contribution >= 0.6 is 15.9 Å². The molecule has 1 aromatic heterocycles. The monoisotopic (exact) mass is 418 g/mol. The maximum atomic E-state index is 13.2. The van der Waals surface area contributed by atoms with Gasteiger partial charge in [-0.15, -0.1) is 0 Å². The third kappa shape index (κ3) is 4.15. The zero-order valence-corrected chi connectivity index (χ0v) is 16.6. The van der Waals surface area contributed by atoms with Crippen molar-refractivity contribution in [2.24, 2.45) is 0 Å². The first-order valence-corrected chi connectivity index (χ1v) is 9.64. The summed E-state index contributed by atoms with van der Waals surface area (Å²) in [5.74, 6) is 1.26. The highest BCUT2D eigenvalue weighted by atomic mass is 79.9. The van der Waals surface area contributed by atoms with E-state index in [4.69, 9.17) is 4.74 Å². The number of halogens is 1. The Balaban J connectivity index is 1.73. The molecule has 1 saturated heterocycles. The van der Waals surface area contributed by atoms with E-state index in [-0.39, 0.29) is 11.9 Å². The standard InChI is InChI=1S/C19H23BrN4O2/c1-3-26-16-8-4-6-13(2)17(16)18(25)24-9-5-7-15(24)12-23-19-21-10-14(20)11-22-19/h4,6,8,10-11,15H,3,5,7,9,12H2,1-2H3,(H,21,22,23)/t15-/m0/s1. The van der Waals surface area contributed by atoms with Crippen LogP contribution in [0.3, 0.4) is 0 Å². The van der Waals surface area contributed by atoms with E-state index in [1.807, 2.05) is 36.9 Å². The Hall–Kier alpha value is -2.15. The smallest absolute Gasteiger partial charge is 0.258 e. The maximum absolute atomic E-state index is 13.2. The van der Waals surface area contributed by atoms with Crippen LogP contribution in [-0.2, 0) is 0 Å². The second-order valence-electron chi connectivity index (χ2n) is 6.28. The van der Waals surface area contributed by atoms with Crippen LogP contribution in [0.2, 0.25) is 0 Å². The maximum Gasteiger partial charge on any atom is 0.258 e. The average Bonchev–Trinajstić information content (AvgIpc) is 3.10. The van der Waals surface area contributed by atoms with E-state index in [0.717, 1.165) is 29.4 Å². The highest BCUT2D eigenvalue weighted by molar-refractivity contribution is 9.10. The SMILES string of the molecule is CCOc1cccc(C)c1C(=O)N1CCC[C@H]1CNc1ncc(Br)cn1. The van der Waals surface area contributed by atoms with Gasteiger partial charge in [0.1, 0.15) is 5.75 Å². The fourth-order valence-electron chi connectivity index (χ4n) is 3.26. The largest absolute Gasteiger partial charge is 0.493 e. The second-order valence-corrected chi connectivity index (χ2v) is 7.20. The highest BCUT2D eigenvalue weighted by Gasteiger charge is 2.31. The number of benzene rings is 1.